The van der Waals surface area contributed by atoms with Crippen molar-refractivity contribution in [3.63, 3.8) is 0 Å². The smallest absolute Gasteiger partial charge is 0.255 e. The summed E-state index contributed by atoms with van der Waals surface area (Å²) < 4.78 is 1.90. The molecule has 4 aromatic rings. The van der Waals surface area contributed by atoms with E-state index in [1.165, 1.54) is 9.75 Å². The fourth-order valence-electron chi connectivity index (χ4n) is 3.90. The summed E-state index contributed by atoms with van der Waals surface area (Å²) in [7, 11) is 0. The van der Waals surface area contributed by atoms with Gasteiger partial charge in [-0.05, 0) is 52.3 Å². The van der Waals surface area contributed by atoms with E-state index in [0.717, 1.165) is 27.9 Å². The van der Waals surface area contributed by atoms with Gasteiger partial charge in [-0.15, -0.1) is 11.3 Å². The normalized spacial score (nSPS) is 11.4. The van der Waals surface area contributed by atoms with Crippen LogP contribution in [0.3, 0.4) is 0 Å². The van der Waals surface area contributed by atoms with Gasteiger partial charge >= 0.3 is 0 Å². The Kier molecular flexibility index (Phi) is 5.92. The van der Waals surface area contributed by atoms with E-state index < -0.39 is 0 Å². The molecule has 0 fully saturated rings. The molecule has 4 rings (SSSR count). The van der Waals surface area contributed by atoms with Crippen molar-refractivity contribution in [1.82, 2.24) is 19.7 Å². The molecule has 0 spiro atoms. The Bertz CT molecular complexity index is 1220. The van der Waals surface area contributed by atoms with Gasteiger partial charge in [-0.2, -0.15) is 5.10 Å². The van der Waals surface area contributed by atoms with Gasteiger partial charge in [0, 0.05) is 34.4 Å². The predicted molar refractivity (Wildman–Crippen MR) is 128 cm³/mol. The maximum atomic E-state index is 13.7. The average molecular weight is 433 g/mol. The molecule has 0 saturated heterocycles. The highest BCUT2D eigenvalue weighted by atomic mass is 32.1. The Morgan fingerprint density at radius 2 is 1.90 bits per heavy atom. The third-order valence-electron chi connectivity index (χ3n) is 5.49. The van der Waals surface area contributed by atoms with Crippen LogP contribution in [0, 0.1) is 13.8 Å². The minimum atomic E-state index is 0.00733. The van der Waals surface area contributed by atoms with Gasteiger partial charge in [-0.3, -0.25) is 4.79 Å². The van der Waals surface area contributed by atoms with Gasteiger partial charge in [0.05, 0.1) is 22.8 Å². The maximum absolute atomic E-state index is 13.7. The largest absolute Gasteiger partial charge is 0.335 e. The van der Waals surface area contributed by atoms with Crippen molar-refractivity contribution in [2.75, 3.05) is 6.54 Å². The van der Waals surface area contributed by atoms with Gasteiger partial charge in [-0.25, -0.2) is 9.67 Å². The molecule has 0 aliphatic carbocycles. The number of pyridine rings is 1. The van der Waals surface area contributed by atoms with Crippen LogP contribution in [0.4, 0.5) is 0 Å². The van der Waals surface area contributed by atoms with E-state index in [-0.39, 0.29) is 11.9 Å². The first-order valence-electron chi connectivity index (χ1n) is 10.7. The molecule has 3 heterocycles. The summed E-state index contributed by atoms with van der Waals surface area (Å²) in [5, 5.41) is 5.36. The van der Waals surface area contributed by atoms with Crippen molar-refractivity contribution in [2.24, 2.45) is 0 Å². The van der Waals surface area contributed by atoms with Crippen LogP contribution >= 0.6 is 11.3 Å². The van der Waals surface area contributed by atoms with Crippen LogP contribution in [0.15, 0.2) is 48.7 Å². The summed E-state index contributed by atoms with van der Waals surface area (Å²) in [6.07, 6.45) is 1.78. The highest BCUT2D eigenvalue weighted by molar-refractivity contribution is 7.12. The molecule has 0 saturated carbocycles. The number of amides is 1. The molecule has 5 nitrogen and oxygen atoms in total. The topological polar surface area (TPSA) is 51.0 Å². The highest BCUT2D eigenvalue weighted by Crippen LogP contribution is 2.33. The predicted octanol–water partition coefficient (Wildman–Crippen LogP) is 6.02. The van der Waals surface area contributed by atoms with Gasteiger partial charge in [0.15, 0.2) is 5.65 Å². The van der Waals surface area contributed by atoms with Gasteiger partial charge in [-0.1, -0.05) is 30.3 Å². The van der Waals surface area contributed by atoms with Crippen molar-refractivity contribution >= 4 is 28.3 Å². The molecule has 3 aromatic heterocycles. The van der Waals surface area contributed by atoms with E-state index in [4.69, 9.17) is 4.98 Å². The summed E-state index contributed by atoms with van der Waals surface area (Å²) in [4.78, 5) is 23.0. The lowest BCUT2D eigenvalue weighted by Gasteiger charge is -2.22. The molecule has 160 valence electrons. The second-order valence-corrected chi connectivity index (χ2v) is 9.57. The first kappa shape index (κ1) is 21.2. The summed E-state index contributed by atoms with van der Waals surface area (Å²) in [6, 6.07) is 14.4. The molecule has 1 amide bonds. The number of benzene rings is 1. The minimum absolute atomic E-state index is 0.00733. The van der Waals surface area contributed by atoms with E-state index in [2.05, 4.69) is 51.0 Å². The Labute approximate surface area is 187 Å². The number of fused-ring (bicyclic) bond motifs is 1. The van der Waals surface area contributed by atoms with Crippen LogP contribution in [-0.2, 0) is 6.54 Å². The Hall–Kier alpha value is -2.99. The maximum Gasteiger partial charge on any atom is 0.255 e. The van der Waals surface area contributed by atoms with Gasteiger partial charge in [0.1, 0.15) is 0 Å². The lowest BCUT2D eigenvalue weighted by molar-refractivity contribution is 0.0754. The number of hydrogen-bond donors (Lipinski definition) is 0. The van der Waals surface area contributed by atoms with Gasteiger partial charge < -0.3 is 4.90 Å². The number of aryl methyl sites for hydroxylation is 2. The number of nitrogens with zero attached hydrogens (tertiary/aromatic N) is 4. The monoisotopic (exact) mass is 432 g/mol. The number of rotatable bonds is 6. The van der Waals surface area contributed by atoms with Crippen molar-refractivity contribution in [2.45, 2.75) is 47.2 Å². The van der Waals surface area contributed by atoms with Gasteiger partial charge in [0.2, 0.25) is 0 Å². The summed E-state index contributed by atoms with van der Waals surface area (Å²) in [6.45, 7) is 11.6. The Balaban J connectivity index is 1.85. The molecule has 0 atom stereocenters. The number of aromatic nitrogens is 3. The minimum Gasteiger partial charge on any atom is -0.335 e. The van der Waals surface area contributed by atoms with E-state index >= 15 is 0 Å². The highest BCUT2D eigenvalue weighted by Gasteiger charge is 2.23. The quantitative estimate of drug-likeness (QED) is 0.374. The zero-order valence-corrected chi connectivity index (χ0v) is 19.5. The molecule has 6 heteroatoms. The lowest BCUT2D eigenvalue weighted by Crippen LogP contribution is -2.30. The van der Waals surface area contributed by atoms with Crippen LogP contribution < -0.4 is 0 Å². The van der Waals surface area contributed by atoms with Crippen LogP contribution in [0.5, 0.6) is 0 Å². The number of hydrogen-bond acceptors (Lipinski definition) is 4. The molecule has 0 bridgehead atoms. The molecule has 1 aromatic carbocycles. The molecule has 0 aliphatic heterocycles. The zero-order valence-electron chi connectivity index (χ0n) is 18.7. The number of carbonyl (C=O) groups is 1. The van der Waals surface area contributed by atoms with Crippen molar-refractivity contribution in [3.8, 4) is 11.3 Å². The third kappa shape index (κ3) is 4.12. The molecular formula is C25H28N4OS. The molecular weight excluding hydrogens is 404 g/mol. The standard InChI is InChI=1S/C25H28N4OS/c1-6-28(15-19-10-8-7-9-11-19)25(30)21-13-23(20-12-17(4)31-18(20)5)27-24-22(21)14-26-29(24)16(2)3/h7-14,16H,6,15H2,1-5H3. The van der Waals surface area contributed by atoms with E-state index in [0.29, 0.717) is 18.7 Å². The first-order valence-corrected chi connectivity index (χ1v) is 11.5. The molecule has 0 aliphatic rings. The summed E-state index contributed by atoms with van der Waals surface area (Å²) >= 11 is 1.75. The first-order chi connectivity index (χ1) is 14.9. The van der Waals surface area contributed by atoms with Crippen molar-refractivity contribution in [3.05, 3.63) is 69.5 Å². The number of thiophene rings is 1. The summed E-state index contributed by atoms with van der Waals surface area (Å²) in [5.41, 5.74) is 4.45. The third-order valence-corrected chi connectivity index (χ3v) is 6.45. The second kappa shape index (κ2) is 8.63. The average Bonchev–Trinajstić information content (AvgIpc) is 3.34. The zero-order chi connectivity index (χ0) is 22.1. The van der Waals surface area contributed by atoms with E-state index in [9.17, 15) is 4.79 Å². The number of carbonyl (C=O) groups excluding carboxylic acids is 1. The Morgan fingerprint density at radius 3 is 2.52 bits per heavy atom. The van der Waals surface area contributed by atoms with E-state index in [1.807, 2.05) is 40.8 Å². The SMILES string of the molecule is CCN(Cc1ccccc1)C(=O)c1cc(-c2cc(C)sc2C)nc2c1cnn2C(C)C. The molecule has 31 heavy (non-hydrogen) atoms. The summed E-state index contributed by atoms with van der Waals surface area (Å²) in [5.74, 6) is 0.00733. The van der Waals surface area contributed by atoms with Crippen LogP contribution in [0.25, 0.3) is 22.3 Å². The van der Waals surface area contributed by atoms with Crippen LogP contribution in [0.1, 0.15) is 52.5 Å². The fourth-order valence-corrected chi connectivity index (χ4v) is 4.83. The van der Waals surface area contributed by atoms with Crippen molar-refractivity contribution in [1.29, 1.82) is 0 Å². The Morgan fingerprint density at radius 1 is 1.16 bits per heavy atom. The van der Waals surface area contributed by atoms with Crippen LogP contribution in [0.2, 0.25) is 0 Å². The van der Waals surface area contributed by atoms with Crippen molar-refractivity contribution < 1.29 is 4.79 Å². The van der Waals surface area contributed by atoms with Crippen LogP contribution in [-0.4, -0.2) is 32.1 Å². The fraction of sp³-hybridized carbons (Fsp3) is 0.320. The molecule has 0 radical (unpaired) electrons. The second-order valence-electron chi connectivity index (χ2n) is 8.11. The van der Waals surface area contributed by atoms with Gasteiger partial charge in [0.25, 0.3) is 5.91 Å². The lowest BCUT2D eigenvalue weighted by atomic mass is 10.1. The molecule has 0 N–H and O–H groups in total. The molecule has 0 unspecified atom stereocenters. The van der Waals surface area contributed by atoms with E-state index in [1.54, 1.807) is 17.5 Å².